The van der Waals surface area contributed by atoms with Crippen molar-refractivity contribution in [3.05, 3.63) is 22.4 Å². The first-order valence-electron chi connectivity index (χ1n) is 5.36. The number of nitriles is 3. The maximum atomic E-state index is 10.6. The second kappa shape index (κ2) is 5.17. The van der Waals surface area contributed by atoms with Gasteiger partial charge in [0, 0.05) is 11.3 Å². The first kappa shape index (κ1) is 13.5. The Kier molecular flexibility index (Phi) is 3.87. The van der Waals surface area contributed by atoms with E-state index in [1.54, 1.807) is 12.1 Å². The minimum Gasteiger partial charge on any atom is -0.331 e. The molecule has 0 saturated heterocycles. The normalized spacial score (nSPS) is 17.2. The molecule has 1 aliphatic rings. The Morgan fingerprint density at radius 1 is 1.28 bits per heavy atom. The van der Waals surface area contributed by atoms with Gasteiger partial charge in [0.25, 0.3) is 0 Å². The van der Waals surface area contributed by atoms with Crippen molar-refractivity contribution >= 4 is 6.41 Å². The summed E-state index contributed by atoms with van der Waals surface area (Å²) in [6.45, 7) is 3.92. The number of nitrogens with zero attached hydrogens (tertiary/aromatic N) is 3. The van der Waals surface area contributed by atoms with Gasteiger partial charge < -0.3 is 5.32 Å². The van der Waals surface area contributed by atoms with Gasteiger partial charge in [-0.25, -0.2) is 0 Å². The Morgan fingerprint density at radius 2 is 1.89 bits per heavy atom. The van der Waals surface area contributed by atoms with Gasteiger partial charge in [0.15, 0.2) is 0 Å². The largest absolute Gasteiger partial charge is 0.331 e. The first-order valence-corrected chi connectivity index (χ1v) is 5.36. The summed E-state index contributed by atoms with van der Waals surface area (Å²) in [7, 11) is 0. The van der Waals surface area contributed by atoms with Gasteiger partial charge >= 0.3 is 0 Å². The zero-order valence-corrected chi connectivity index (χ0v) is 10.2. The topological polar surface area (TPSA) is 100 Å². The van der Waals surface area contributed by atoms with Crippen LogP contribution in [0.2, 0.25) is 0 Å². The second-order valence-electron chi connectivity index (χ2n) is 4.82. The lowest BCUT2D eigenvalue weighted by Crippen LogP contribution is -2.27. The predicted octanol–water partition coefficient (Wildman–Crippen LogP) is 1.67. The van der Waals surface area contributed by atoms with E-state index in [1.165, 1.54) is 0 Å². The Balaban J connectivity index is 3.52. The van der Waals surface area contributed by atoms with Crippen LogP contribution in [0.25, 0.3) is 0 Å². The van der Waals surface area contributed by atoms with Crippen molar-refractivity contribution in [3.8, 4) is 18.2 Å². The summed E-state index contributed by atoms with van der Waals surface area (Å²) < 4.78 is 0. The van der Waals surface area contributed by atoms with Crippen molar-refractivity contribution in [1.82, 2.24) is 5.32 Å². The molecule has 0 aromatic carbocycles. The summed E-state index contributed by atoms with van der Waals surface area (Å²) in [5.74, 6) is 0. The van der Waals surface area contributed by atoms with Crippen LogP contribution in [0.15, 0.2) is 22.4 Å². The summed E-state index contributed by atoms with van der Waals surface area (Å²) in [6.07, 6.45) is 1.50. The molecule has 0 fully saturated rings. The van der Waals surface area contributed by atoms with Crippen LogP contribution < -0.4 is 5.32 Å². The highest BCUT2D eigenvalue weighted by Crippen LogP contribution is 2.41. The third-order valence-electron chi connectivity index (χ3n) is 2.78. The van der Waals surface area contributed by atoms with Gasteiger partial charge in [-0.3, -0.25) is 4.79 Å². The van der Waals surface area contributed by atoms with E-state index in [0.717, 1.165) is 0 Å². The average molecular weight is 240 g/mol. The number of hydrogen-bond donors (Lipinski definition) is 1. The molecular weight excluding hydrogens is 228 g/mol. The third kappa shape index (κ3) is 2.56. The summed E-state index contributed by atoms with van der Waals surface area (Å²) in [5.41, 5.74) is 0.855. The number of allylic oxidation sites excluding steroid dienone is 4. The molecule has 0 spiro atoms. The first-order chi connectivity index (χ1) is 8.49. The lowest BCUT2D eigenvalue weighted by atomic mass is 9.73. The molecule has 0 atom stereocenters. The van der Waals surface area contributed by atoms with Gasteiger partial charge in [-0.05, 0) is 18.3 Å². The van der Waals surface area contributed by atoms with Crippen LogP contribution in [0.1, 0.15) is 26.7 Å². The molecule has 0 radical (unpaired) electrons. The van der Waals surface area contributed by atoms with Gasteiger partial charge in [0.1, 0.15) is 23.8 Å². The fraction of sp³-hybridized carbons (Fsp3) is 0.385. The molecule has 0 unspecified atom stereocenters. The molecule has 18 heavy (non-hydrogen) atoms. The van der Waals surface area contributed by atoms with Gasteiger partial charge in [-0.1, -0.05) is 13.8 Å². The zero-order valence-electron chi connectivity index (χ0n) is 10.2. The highest BCUT2D eigenvalue weighted by Gasteiger charge is 2.32. The molecule has 5 heteroatoms. The number of hydrogen-bond acceptors (Lipinski definition) is 4. The Labute approximate surface area is 106 Å². The molecule has 0 heterocycles. The molecule has 1 rings (SSSR count). The van der Waals surface area contributed by atoms with Crippen LogP contribution in [-0.4, -0.2) is 6.41 Å². The van der Waals surface area contributed by atoms with E-state index in [0.29, 0.717) is 30.5 Å². The summed E-state index contributed by atoms with van der Waals surface area (Å²) >= 11 is 0. The van der Waals surface area contributed by atoms with E-state index in [-0.39, 0.29) is 16.6 Å². The fourth-order valence-electron chi connectivity index (χ4n) is 2.08. The summed E-state index contributed by atoms with van der Waals surface area (Å²) in [4.78, 5) is 10.6. The van der Waals surface area contributed by atoms with Crippen molar-refractivity contribution in [2.75, 3.05) is 0 Å². The number of carbonyl (C=O) groups is 1. The van der Waals surface area contributed by atoms with Crippen LogP contribution in [0.3, 0.4) is 0 Å². The molecule has 0 bridgehead atoms. The van der Waals surface area contributed by atoms with E-state index in [2.05, 4.69) is 5.32 Å². The SMILES string of the molecule is CC1(C)CC(NC=O)=C(C#N)C(=C(C#N)C#N)C1. The maximum absolute atomic E-state index is 10.6. The molecule has 0 aromatic heterocycles. The maximum Gasteiger partial charge on any atom is 0.211 e. The van der Waals surface area contributed by atoms with Crippen molar-refractivity contribution < 1.29 is 4.79 Å². The van der Waals surface area contributed by atoms with Crippen molar-refractivity contribution in [1.29, 1.82) is 15.8 Å². The van der Waals surface area contributed by atoms with Crippen molar-refractivity contribution in [3.63, 3.8) is 0 Å². The quantitative estimate of drug-likeness (QED) is 0.586. The van der Waals surface area contributed by atoms with Crippen LogP contribution in [0.4, 0.5) is 0 Å². The average Bonchev–Trinajstić information content (AvgIpc) is 2.29. The highest BCUT2D eigenvalue weighted by molar-refractivity contribution is 5.61. The molecule has 0 aliphatic heterocycles. The van der Waals surface area contributed by atoms with E-state index in [4.69, 9.17) is 15.8 Å². The van der Waals surface area contributed by atoms with E-state index in [9.17, 15) is 4.79 Å². The smallest absolute Gasteiger partial charge is 0.211 e. The van der Waals surface area contributed by atoms with Gasteiger partial charge in [0.2, 0.25) is 6.41 Å². The van der Waals surface area contributed by atoms with Crippen LogP contribution in [0, 0.1) is 39.4 Å². The lowest BCUT2D eigenvalue weighted by Gasteiger charge is -2.32. The molecule has 5 nitrogen and oxygen atoms in total. The predicted molar refractivity (Wildman–Crippen MR) is 63.1 cm³/mol. The van der Waals surface area contributed by atoms with Crippen LogP contribution in [0.5, 0.6) is 0 Å². The zero-order chi connectivity index (χ0) is 13.8. The number of nitrogens with one attached hydrogen (secondary N) is 1. The molecule has 90 valence electrons. The molecule has 1 N–H and O–H groups in total. The van der Waals surface area contributed by atoms with Gasteiger partial charge in [0.05, 0.1) is 5.57 Å². The van der Waals surface area contributed by atoms with Crippen molar-refractivity contribution in [2.45, 2.75) is 26.7 Å². The molecular formula is C13H12N4O. The molecule has 1 amide bonds. The van der Waals surface area contributed by atoms with Gasteiger partial charge in [-0.2, -0.15) is 15.8 Å². The van der Waals surface area contributed by atoms with E-state index in [1.807, 2.05) is 19.9 Å². The summed E-state index contributed by atoms with van der Waals surface area (Å²) in [6, 6.07) is 5.58. The van der Waals surface area contributed by atoms with Crippen LogP contribution in [-0.2, 0) is 4.79 Å². The molecule has 0 aromatic rings. The highest BCUT2D eigenvalue weighted by atomic mass is 16.1. The number of amides is 1. The minimum atomic E-state index is -0.208. The van der Waals surface area contributed by atoms with E-state index < -0.39 is 0 Å². The Hall–Kier alpha value is -2.58. The molecule has 1 aliphatic carbocycles. The van der Waals surface area contributed by atoms with Crippen molar-refractivity contribution in [2.24, 2.45) is 5.41 Å². The number of carbonyl (C=O) groups excluding carboxylic acids is 1. The van der Waals surface area contributed by atoms with Crippen LogP contribution >= 0.6 is 0 Å². The lowest BCUT2D eigenvalue weighted by molar-refractivity contribution is -0.109. The standard InChI is InChI=1S/C13H12N4O/c1-13(2)3-10(9(5-14)6-15)11(7-16)12(4-13)17-8-18/h8H,3-4H2,1-2H3,(H,17,18). The van der Waals surface area contributed by atoms with E-state index >= 15 is 0 Å². The minimum absolute atomic E-state index is 0.0653. The third-order valence-corrected chi connectivity index (χ3v) is 2.78. The summed E-state index contributed by atoms with van der Waals surface area (Å²) in [5, 5.41) is 29.5. The Bertz CT molecular complexity index is 545. The number of rotatable bonds is 2. The molecule has 0 saturated carbocycles. The van der Waals surface area contributed by atoms with Gasteiger partial charge in [-0.15, -0.1) is 0 Å². The Morgan fingerprint density at radius 3 is 2.33 bits per heavy atom. The second-order valence-corrected chi connectivity index (χ2v) is 4.82. The monoisotopic (exact) mass is 240 g/mol. The fourth-order valence-corrected chi connectivity index (χ4v) is 2.08.